The van der Waals surface area contributed by atoms with Gasteiger partial charge in [0.2, 0.25) is 0 Å². The smallest absolute Gasteiger partial charge is 0.387 e. The van der Waals surface area contributed by atoms with Gasteiger partial charge in [-0.25, -0.2) is 9.67 Å². The summed E-state index contributed by atoms with van der Waals surface area (Å²) in [4.78, 5) is 10.6. The number of halogens is 2. The Morgan fingerprint density at radius 3 is 2.78 bits per heavy atom. The maximum absolute atomic E-state index is 12.5. The SMILES string of the molecule is CCOc1cc(CN(C)c2cncc(-n3cccn3)n2)ccc1OC(F)F. The molecule has 2 heterocycles. The van der Waals surface area contributed by atoms with Crippen LogP contribution in [0.2, 0.25) is 0 Å². The highest BCUT2D eigenvalue weighted by Gasteiger charge is 2.13. The third-order valence-electron chi connectivity index (χ3n) is 3.68. The molecule has 0 spiro atoms. The molecular formula is C18H19F2N5O2. The Morgan fingerprint density at radius 1 is 1.22 bits per heavy atom. The first kappa shape index (κ1) is 18.6. The van der Waals surface area contributed by atoms with E-state index in [0.717, 1.165) is 5.56 Å². The highest BCUT2D eigenvalue weighted by molar-refractivity contribution is 5.45. The van der Waals surface area contributed by atoms with Crippen molar-refractivity contribution in [1.82, 2.24) is 19.7 Å². The van der Waals surface area contributed by atoms with E-state index in [4.69, 9.17) is 4.74 Å². The second kappa shape index (κ2) is 8.43. The van der Waals surface area contributed by atoms with Crippen molar-refractivity contribution < 1.29 is 18.3 Å². The van der Waals surface area contributed by atoms with Crippen molar-refractivity contribution >= 4 is 5.82 Å². The van der Waals surface area contributed by atoms with Crippen LogP contribution in [0.5, 0.6) is 11.5 Å². The minimum atomic E-state index is -2.90. The molecule has 0 unspecified atom stereocenters. The lowest BCUT2D eigenvalue weighted by Crippen LogP contribution is -2.19. The van der Waals surface area contributed by atoms with Gasteiger partial charge in [-0.1, -0.05) is 6.07 Å². The summed E-state index contributed by atoms with van der Waals surface area (Å²) in [5.41, 5.74) is 0.855. The Kier molecular flexibility index (Phi) is 5.80. The second-order valence-corrected chi connectivity index (χ2v) is 5.63. The molecule has 0 bridgehead atoms. The van der Waals surface area contributed by atoms with E-state index in [0.29, 0.717) is 24.8 Å². The standard InChI is InChI=1S/C18H19F2N5O2/c1-3-26-15-9-13(5-6-14(15)27-18(19)20)12-24(2)16-10-21-11-17(23-16)25-8-4-7-22-25/h4-11,18H,3,12H2,1-2H3. The van der Waals surface area contributed by atoms with Crippen molar-refractivity contribution in [2.24, 2.45) is 0 Å². The number of hydrogen-bond acceptors (Lipinski definition) is 6. The number of aromatic nitrogens is 4. The van der Waals surface area contributed by atoms with Crippen molar-refractivity contribution in [2.75, 3.05) is 18.6 Å². The molecule has 0 fully saturated rings. The fourth-order valence-electron chi connectivity index (χ4n) is 2.51. The van der Waals surface area contributed by atoms with E-state index >= 15 is 0 Å². The summed E-state index contributed by atoms with van der Waals surface area (Å²) in [5.74, 6) is 1.53. The predicted molar refractivity (Wildman–Crippen MR) is 95.5 cm³/mol. The summed E-state index contributed by atoms with van der Waals surface area (Å²) in [6.07, 6.45) is 6.71. The zero-order valence-electron chi connectivity index (χ0n) is 14.9. The summed E-state index contributed by atoms with van der Waals surface area (Å²) in [6.45, 7) is -0.304. The van der Waals surface area contributed by atoms with Crippen LogP contribution in [0.3, 0.4) is 0 Å². The Hall–Kier alpha value is -3.23. The zero-order chi connectivity index (χ0) is 19.2. The minimum absolute atomic E-state index is 0.0127. The first-order chi connectivity index (χ1) is 13.1. The first-order valence-electron chi connectivity index (χ1n) is 8.30. The molecule has 0 atom stereocenters. The van der Waals surface area contributed by atoms with E-state index in [1.54, 1.807) is 54.6 Å². The van der Waals surface area contributed by atoms with Gasteiger partial charge < -0.3 is 14.4 Å². The Balaban J connectivity index is 1.78. The molecule has 0 aliphatic carbocycles. The second-order valence-electron chi connectivity index (χ2n) is 5.63. The van der Waals surface area contributed by atoms with Crippen LogP contribution in [0.1, 0.15) is 12.5 Å². The quantitative estimate of drug-likeness (QED) is 0.602. The molecule has 2 aromatic heterocycles. The highest BCUT2D eigenvalue weighted by atomic mass is 19.3. The normalized spacial score (nSPS) is 10.9. The lowest BCUT2D eigenvalue weighted by molar-refractivity contribution is -0.0514. The highest BCUT2D eigenvalue weighted by Crippen LogP contribution is 2.30. The van der Waals surface area contributed by atoms with Crippen molar-refractivity contribution in [2.45, 2.75) is 20.1 Å². The maximum atomic E-state index is 12.5. The fraction of sp³-hybridized carbons (Fsp3) is 0.278. The molecule has 0 amide bonds. The van der Waals surface area contributed by atoms with Crippen LogP contribution in [-0.2, 0) is 6.54 Å². The van der Waals surface area contributed by atoms with Crippen LogP contribution in [0.25, 0.3) is 5.82 Å². The van der Waals surface area contributed by atoms with Crippen molar-refractivity contribution in [3.63, 3.8) is 0 Å². The fourth-order valence-corrected chi connectivity index (χ4v) is 2.51. The van der Waals surface area contributed by atoms with Gasteiger partial charge in [-0.05, 0) is 30.7 Å². The van der Waals surface area contributed by atoms with Gasteiger partial charge in [0.1, 0.15) is 5.82 Å². The molecule has 3 aromatic rings. The van der Waals surface area contributed by atoms with Gasteiger partial charge in [-0.2, -0.15) is 13.9 Å². The Labute approximate surface area is 155 Å². The van der Waals surface area contributed by atoms with E-state index in [1.165, 1.54) is 6.07 Å². The molecular weight excluding hydrogens is 356 g/mol. The minimum Gasteiger partial charge on any atom is -0.490 e. The average molecular weight is 375 g/mol. The van der Waals surface area contributed by atoms with E-state index in [2.05, 4.69) is 19.8 Å². The Morgan fingerprint density at radius 2 is 2.07 bits per heavy atom. The maximum Gasteiger partial charge on any atom is 0.387 e. The number of ether oxygens (including phenoxy) is 2. The van der Waals surface area contributed by atoms with E-state index in [9.17, 15) is 8.78 Å². The molecule has 142 valence electrons. The van der Waals surface area contributed by atoms with Gasteiger partial charge in [-0.15, -0.1) is 0 Å². The lowest BCUT2D eigenvalue weighted by Gasteiger charge is -2.19. The number of anilines is 1. The number of rotatable bonds is 8. The monoisotopic (exact) mass is 375 g/mol. The van der Waals surface area contributed by atoms with Gasteiger partial charge in [0.15, 0.2) is 17.3 Å². The molecule has 9 heteroatoms. The van der Waals surface area contributed by atoms with Gasteiger partial charge in [0.05, 0.1) is 19.0 Å². The summed E-state index contributed by atoms with van der Waals surface area (Å²) < 4.78 is 36.6. The molecule has 0 aliphatic heterocycles. The molecule has 1 aromatic carbocycles. The summed E-state index contributed by atoms with van der Waals surface area (Å²) >= 11 is 0. The molecule has 0 N–H and O–H groups in total. The number of alkyl halides is 2. The lowest BCUT2D eigenvalue weighted by atomic mass is 10.2. The molecule has 0 saturated carbocycles. The van der Waals surface area contributed by atoms with Crippen LogP contribution in [-0.4, -0.2) is 40.0 Å². The molecule has 0 aliphatic rings. The van der Waals surface area contributed by atoms with Crippen LogP contribution in [0.4, 0.5) is 14.6 Å². The van der Waals surface area contributed by atoms with Crippen molar-refractivity contribution in [1.29, 1.82) is 0 Å². The van der Waals surface area contributed by atoms with Crippen molar-refractivity contribution in [3.8, 4) is 17.3 Å². The number of benzene rings is 1. The number of hydrogen-bond donors (Lipinski definition) is 0. The third-order valence-corrected chi connectivity index (χ3v) is 3.68. The molecule has 0 radical (unpaired) electrons. The molecule has 3 rings (SSSR count). The molecule has 0 saturated heterocycles. The summed E-state index contributed by atoms with van der Waals surface area (Å²) in [6, 6.07) is 6.67. The van der Waals surface area contributed by atoms with Gasteiger partial charge >= 0.3 is 6.61 Å². The first-order valence-corrected chi connectivity index (χ1v) is 8.30. The van der Waals surface area contributed by atoms with E-state index in [1.807, 2.05) is 11.9 Å². The van der Waals surface area contributed by atoms with Gasteiger partial charge in [-0.3, -0.25) is 4.98 Å². The summed E-state index contributed by atoms with van der Waals surface area (Å²) in [5, 5.41) is 4.14. The Bertz CT molecular complexity index is 874. The van der Waals surface area contributed by atoms with E-state index < -0.39 is 6.61 Å². The molecule has 7 nitrogen and oxygen atoms in total. The van der Waals surface area contributed by atoms with E-state index in [-0.39, 0.29) is 11.5 Å². The van der Waals surface area contributed by atoms with Crippen molar-refractivity contribution in [3.05, 3.63) is 54.6 Å². The van der Waals surface area contributed by atoms with Crippen LogP contribution in [0.15, 0.2) is 49.1 Å². The topological polar surface area (TPSA) is 65.3 Å². The van der Waals surface area contributed by atoms with Gasteiger partial charge in [0, 0.05) is 26.0 Å². The van der Waals surface area contributed by atoms with Gasteiger partial charge in [0.25, 0.3) is 0 Å². The third kappa shape index (κ3) is 4.69. The zero-order valence-corrected chi connectivity index (χ0v) is 14.9. The number of nitrogens with zero attached hydrogens (tertiary/aromatic N) is 5. The average Bonchev–Trinajstić information content (AvgIpc) is 3.18. The van der Waals surface area contributed by atoms with Crippen LogP contribution in [0, 0.1) is 0 Å². The largest absolute Gasteiger partial charge is 0.490 e. The molecule has 27 heavy (non-hydrogen) atoms. The van der Waals surface area contributed by atoms with Crippen LogP contribution < -0.4 is 14.4 Å². The summed E-state index contributed by atoms with van der Waals surface area (Å²) in [7, 11) is 1.86. The van der Waals surface area contributed by atoms with Crippen LogP contribution >= 0.6 is 0 Å². The predicted octanol–water partition coefficient (Wildman–Crippen LogP) is 3.30.